The Morgan fingerprint density at radius 1 is 1.25 bits per heavy atom. The van der Waals surface area contributed by atoms with Crippen LogP contribution in [0.25, 0.3) is 0 Å². The minimum atomic E-state index is -3.67. The largest absolute Gasteiger partial charge is 0.482 e. The number of sulfonamides is 1. The van der Waals surface area contributed by atoms with Crippen molar-refractivity contribution in [2.45, 2.75) is 24.4 Å². The number of amides is 1. The summed E-state index contributed by atoms with van der Waals surface area (Å²) in [4.78, 5) is 11.6. The molecule has 24 heavy (non-hydrogen) atoms. The molecule has 2 aromatic rings. The second-order valence-corrected chi connectivity index (χ2v) is 7.80. The molecule has 0 unspecified atom stereocenters. The van der Waals surface area contributed by atoms with Crippen LogP contribution in [0, 0.1) is 0 Å². The molecular formula is C16H17N3O4S. The highest BCUT2D eigenvalue weighted by molar-refractivity contribution is 7.89. The van der Waals surface area contributed by atoms with E-state index < -0.39 is 10.0 Å². The van der Waals surface area contributed by atoms with E-state index in [4.69, 9.17) is 4.74 Å². The molecule has 4 rings (SSSR count). The first-order valence-electron chi connectivity index (χ1n) is 7.70. The van der Waals surface area contributed by atoms with Gasteiger partial charge in [-0.2, -0.15) is 4.31 Å². The Balaban J connectivity index is 1.71. The van der Waals surface area contributed by atoms with E-state index in [9.17, 15) is 13.2 Å². The zero-order valence-electron chi connectivity index (χ0n) is 13.1. The first-order chi connectivity index (χ1) is 11.5. The Hall–Kier alpha value is -2.32. The van der Waals surface area contributed by atoms with Crippen molar-refractivity contribution in [2.24, 2.45) is 0 Å². The number of hydrogen-bond donors (Lipinski definition) is 1. The lowest BCUT2D eigenvalue weighted by Gasteiger charge is -2.34. The molecule has 0 spiro atoms. The number of rotatable bonds is 2. The van der Waals surface area contributed by atoms with Crippen LogP contribution >= 0.6 is 0 Å². The fourth-order valence-electron chi connectivity index (χ4n) is 3.24. The molecule has 7 nitrogen and oxygen atoms in total. The second kappa shape index (κ2) is 5.35. The SMILES string of the molecule is C[C@H]1c2cccn2CCN1S(=O)(=O)c1ccc2c(c1)NC(=O)CO2. The van der Waals surface area contributed by atoms with Crippen LogP contribution in [-0.4, -0.2) is 36.3 Å². The Kier molecular flexibility index (Phi) is 3.40. The molecule has 3 heterocycles. The number of anilines is 1. The van der Waals surface area contributed by atoms with Gasteiger partial charge in [-0.05, 0) is 37.3 Å². The minimum Gasteiger partial charge on any atom is -0.482 e. The molecule has 0 saturated heterocycles. The fraction of sp³-hybridized carbons (Fsp3) is 0.312. The average molecular weight is 347 g/mol. The van der Waals surface area contributed by atoms with Crippen LogP contribution in [0.15, 0.2) is 41.4 Å². The highest BCUT2D eigenvalue weighted by Gasteiger charge is 2.34. The van der Waals surface area contributed by atoms with Crippen LogP contribution in [0.2, 0.25) is 0 Å². The smallest absolute Gasteiger partial charge is 0.262 e. The Morgan fingerprint density at radius 2 is 2.08 bits per heavy atom. The first kappa shape index (κ1) is 15.2. The summed E-state index contributed by atoms with van der Waals surface area (Å²) in [6.45, 7) is 2.85. The van der Waals surface area contributed by atoms with Crippen molar-refractivity contribution in [1.82, 2.24) is 8.87 Å². The maximum atomic E-state index is 13.1. The lowest BCUT2D eigenvalue weighted by molar-refractivity contribution is -0.118. The summed E-state index contributed by atoms with van der Waals surface area (Å²) in [5.41, 5.74) is 1.36. The van der Waals surface area contributed by atoms with Gasteiger partial charge in [-0.1, -0.05) is 0 Å². The molecule has 1 amide bonds. The highest BCUT2D eigenvalue weighted by atomic mass is 32.2. The van der Waals surface area contributed by atoms with Crippen molar-refractivity contribution in [2.75, 3.05) is 18.5 Å². The Bertz CT molecular complexity index is 919. The van der Waals surface area contributed by atoms with Crippen molar-refractivity contribution in [1.29, 1.82) is 0 Å². The summed E-state index contributed by atoms with van der Waals surface area (Å²) in [6.07, 6.45) is 1.96. The number of carbonyl (C=O) groups is 1. The zero-order valence-corrected chi connectivity index (χ0v) is 13.9. The van der Waals surface area contributed by atoms with E-state index in [0.717, 1.165) is 5.69 Å². The second-order valence-electron chi connectivity index (χ2n) is 5.91. The van der Waals surface area contributed by atoms with E-state index in [1.54, 1.807) is 6.07 Å². The summed E-state index contributed by atoms with van der Waals surface area (Å²) < 4.78 is 35.0. The van der Waals surface area contributed by atoms with E-state index in [0.29, 0.717) is 24.5 Å². The molecule has 0 fully saturated rings. The van der Waals surface area contributed by atoms with Gasteiger partial charge < -0.3 is 14.6 Å². The number of nitrogens with one attached hydrogen (secondary N) is 1. The summed E-state index contributed by atoms with van der Waals surface area (Å²) in [7, 11) is -3.67. The van der Waals surface area contributed by atoms with Crippen LogP contribution in [0.1, 0.15) is 18.7 Å². The molecule has 126 valence electrons. The molecule has 2 aliphatic heterocycles. The number of fused-ring (bicyclic) bond motifs is 2. The number of aromatic nitrogens is 1. The first-order valence-corrected chi connectivity index (χ1v) is 9.14. The predicted octanol–water partition coefficient (Wildman–Crippen LogP) is 1.58. The van der Waals surface area contributed by atoms with Gasteiger partial charge in [0.2, 0.25) is 10.0 Å². The summed E-state index contributed by atoms with van der Waals surface area (Å²) in [5.74, 6) is 0.190. The number of carbonyl (C=O) groups excluding carboxylic acids is 1. The van der Waals surface area contributed by atoms with Gasteiger partial charge in [0.1, 0.15) is 5.75 Å². The van der Waals surface area contributed by atoms with Gasteiger partial charge in [-0.15, -0.1) is 0 Å². The van der Waals surface area contributed by atoms with Crippen LogP contribution in [0.4, 0.5) is 5.69 Å². The molecule has 1 aromatic carbocycles. The quantitative estimate of drug-likeness (QED) is 0.894. The van der Waals surface area contributed by atoms with Crippen LogP contribution < -0.4 is 10.1 Å². The molecule has 0 saturated carbocycles. The lowest BCUT2D eigenvalue weighted by Crippen LogP contribution is -2.40. The maximum Gasteiger partial charge on any atom is 0.262 e. The predicted molar refractivity (Wildman–Crippen MR) is 87.3 cm³/mol. The molecule has 8 heteroatoms. The standard InChI is InChI=1S/C16H17N3O4S/c1-11-14-3-2-6-18(14)7-8-19(11)24(21,22)12-4-5-15-13(9-12)17-16(20)10-23-15/h2-6,9,11H,7-8,10H2,1H3,(H,17,20)/t11-/m0/s1. The fourth-order valence-corrected chi connectivity index (χ4v) is 4.87. The van der Waals surface area contributed by atoms with Crippen LogP contribution in [-0.2, 0) is 21.4 Å². The number of hydrogen-bond acceptors (Lipinski definition) is 4. The molecule has 0 bridgehead atoms. The normalized spacial score (nSPS) is 20.7. The maximum absolute atomic E-state index is 13.1. The van der Waals surface area contributed by atoms with Gasteiger partial charge in [-0.3, -0.25) is 4.79 Å². The molecular weight excluding hydrogens is 330 g/mol. The molecule has 2 aliphatic rings. The van der Waals surface area contributed by atoms with Gasteiger partial charge in [0.25, 0.3) is 5.91 Å². The summed E-state index contributed by atoms with van der Waals surface area (Å²) >= 11 is 0. The topological polar surface area (TPSA) is 80.6 Å². The van der Waals surface area contributed by atoms with Crippen molar-refractivity contribution >= 4 is 21.6 Å². The number of benzene rings is 1. The van der Waals surface area contributed by atoms with Crippen molar-refractivity contribution < 1.29 is 17.9 Å². The molecule has 0 radical (unpaired) electrons. The van der Waals surface area contributed by atoms with Crippen molar-refractivity contribution in [3.05, 3.63) is 42.2 Å². The third-order valence-corrected chi connectivity index (χ3v) is 6.44. The van der Waals surface area contributed by atoms with Gasteiger partial charge in [0.15, 0.2) is 6.61 Å². The molecule has 1 N–H and O–H groups in total. The van der Waals surface area contributed by atoms with E-state index >= 15 is 0 Å². The molecule has 1 aromatic heterocycles. The van der Waals surface area contributed by atoms with Crippen molar-refractivity contribution in [3.63, 3.8) is 0 Å². The van der Waals surface area contributed by atoms with E-state index in [2.05, 4.69) is 9.88 Å². The minimum absolute atomic E-state index is 0.0563. The Labute approximate surface area is 139 Å². The lowest BCUT2D eigenvalue weighted by atomic mass is 10.2. The molecule has 1 atom stereocenters. The molecule has 0 aliphatic carbocycles. The van der Waals surface area contributed by atoms with E-state index in [1.165, 1.54) is 16.4 Å². The summed E-state index contributed by atoms with van der Waals surface area (Å²) in [5, 5.41) is 2.65. The monoisotopic (exact) mass is 347 g/mol. The highest BCUT2D eigenvalue weighted by Crippen LogP contribution is 2.35. The Morgan fingerprint density at radius 3 is 2.92 bits per heavy atom. The third-order valence-electron chi connectivity index (χ3n) is 4.48. The average Bonchev–Trinajstić information content (AvgIpc) is 3.03. The number of ether oxygens (including phenoxy) is 1. The van der Waals surface area contributed by atoms with Crippen LogP contribution in [0.5, 0.6) is 5.75 Å². The van der Waals surface area contributed by atoms with Gasteiger partial charge in [-0.25, -0.2) is 8.42 Å². The van der Waals surface area contributed by atoms with E-state index in [-0.39, 0.29) is 23.5 Å². The van der Waals surface area contributed by atoms with Gasteiger partial charge >= 0.3 is 0 Å². The van der Waals surface area contributed by atoms with Crippen molar-refractivity contribution in [3.8, 4) is 5.75 Å². The van der Waals surface area contributed by atoms with E-state index in [1.807, 2.05) is 25.3 Å². The number of nitrogens with zero attached hydrogens (tertiary/aromatic N) is 2. The van der Waals surface area contributed by atoms with Gasteiger partial charge in [0, 0.05) is 25.0 Å². The van der Waals surface area contributed by atoms with Gasteiger partial charge in [0.05, 0.1) is 16.6 Å². The third kappa shape index (κ3) is 2.30. The van der Waals surface area contributed by atoms with Crippen LogP contribution in [0.3, 0.4) is 0 Å². The zero-order chi connectivity index (χ0) is 16.9. The summed E-state index contributed by atoms with van der Waals surface area (Å²) in [6, 6.07) is 8.18.